The average molecular weight is 367 g/mol. The van der Waals surface area contributed by atoms with Gasteiger partial charge in [0, 0.05) is 43.7 Å². The smallest absolute Gasteiger partial charge is 0.254 e. The molecule has 0 saturated carbocycles. The predicted octanol–water partition coefficient (Wildman–Crippen LogP) is 3.45. The van der Waals surface area contributed by atoms with E-state index in [9.17, 15) is 4.79 Å². The van der Waals surface area contributed by atoms with Gasteiger partial charge in [-0.1, -0.05) is 11.6 Å². The Balaban J connectivity index is 1.77. The van der Waals surface area contributed by atoms with E-state index in [2.05, 4.69) is 25.7 Å². The minimum Gasteiger partial charge on any atom is -0.489 e. The minimum atomic E-state index is 0.00769. The van der Waals surface area contributed by atoms with E-state index in [0.29, 0.717) is 35.3 Å². The van der Waals surface area contributed by atoms with Gasteiger partial charge in [-0.3, -0.25) is 9.69 Å². The van der Waals surface area contributed by atoms with Gasteiger partial charge in [-0.25, -0.2) is 0 Å². The molecule has 25 heavy (non-hydrogen) atoms. The van der Waals surface area contributed by atoms with Crippen LogP contribution in [0.15, 0.2) is 12.1 Å². The van der Waals surface area contributed by atoms with E-state index in [-0.39, 0.29) is 11.4 Å². The molecule has 2 aliphatic rings. The van der Waals surface area contributed by atoms with Crippen molar-refractivity contribution in [1.82, 2.24) is 9.80 Å². The summed E-state index contributed by atoms with van der Waals surface area (Å²) in [5, 5.41) is 0.439. The Labute approximate surface area is 154 Å². The monoisotopic (exact) mass is 366 g/mol. The largest absolute Gasteiger partial charge is 0.489 e. The second-order valence-electron chi connectivity index (χ2n) is 7.64. The van der Waals surface area contributed by atoms with Crippen molar-refractivity contribution in [1.29, 1.82) is 0 Å². The summed E-state index contributed by atoms with van der Waals surface area (Å²) in [5.41, 5.74) is 0.691. The van der Waals surface area contributed by atoms with Crippen LogP contribution in [-0.4, -0.2) is 60.6 Å². The first kappa shape index (κ1) is 18.3. The molecule has 2 aliphatic heterocycles. The van der Waals surface area contributed by atoms with Crippen LogP contribution in [0.3, 0.4) is 0 Å². The molecule has 0 spiro atoms. The van der Waals surface area contributed by atoms with Crippen LogP contribution in [0.5, 0.6) is 11.5 Å². The van der Waals surface area contributed by atoms with Crippen LogP contribution in [-0.2, 0) is 0 Å². The van der Waals surface area contributed by atoms with Crippen molar-refractivity contribution < 1.29 is 14.3 Å². The fraction of sp³-hybridized carbons (Fsp3) is 0.632. The van der Waals surface area contributed by atoms with Gasteiger partial charge < -0.3 is 14.4 Å². The maximum atomic E-state index is 13.0. The zero-order valence-corrected chi connectivity index (χ0v) is 16.1. The molecule has 5 nitrogen and oxygen atoms in total. The quantitative estimate of drug-likeness (QED) is 0.763. The highest BCUT2D eigenvalue weighted by Gasteiger charge is 2.27. The molecule has 0 N–H and O–H groups in total. The third-order valence-corrected chi connectivity index (χ3v) is 5.06. The third-order valence-electron chi connectivity index (χ3n) is 4.78. The van der Waals surface area contributed by atoms with Gasteiger partial charge in [-0.2, -0.15) is 0 Å². The summed E-state index contributed by atoms with van der Waals surface area (Å²) in [6, 6.07) is 3.46. The van der Waals surface area contributed by atoms with Crippen molar-refractivity contribution in [2.75, 3.05) is 39.4 Å². The van der Waals surface area contributed by atoms with Crippen LogP contribution in [0.4, 0.5) is 0 Å². The highest BCUT2D eigenvalue weighted by atomic mass is 35.5. The Morgan fingerprint density at radius 1 is 1.04 bits per heavy atom. The molecule has 2 heterocycles. The number of nitrogens with zero attached hydrogens (tertiary/aromatic N) is 2. The number of benzene rings is 1. The van der Waals surface area contributed by atoms with Crippen LogP contribution in [0.1, 0.15) is 44.0 Å². The predicted molar refractivity (Wildman–Crippen MR) is 98.9 cm³/mol. The second kappa shape index (κ2) is 7.42. The van der Waals surface area contributed by atoms with Gasteiger partial charge in [0.25, 0.3) is 5.91 Å². The molecule has 3 rings (SSSR count). The summed E-state index contributed by atoms with van der Waals surface area (Å²) in [5.74, 6) is 1.12. The maximum absolute atomic E-state index is 13.0. The molecule has 0 radical (unpaired) electrons. The molecule has 0 atom stereocenters. The van der Waals surface area contributed by atoms with Crippen LogP contribution in [0.2, 0.25) is 5.02 Å². The molecule has 0 bridgehead atoms. The van der Waals surface area contributed by atoms with Crippen LogP contribution in [0, 0.1) is 0 Å². The Kier molecular flexibility index (Phi) is 5.44. The van der Waals surface area contributed by atoms with Crippen LogP contribution in [0.25, 0.3) is 0 Å². The van der Waals surface area contributed by atoms with E-state index in [1.807, 2.05) is 4.90 Å². The number of fused-ring (bicyclic) bond motifs is 1. The number of hydrogen-bond donors (Lipinski definition) is 0. The summed E-state index contributed by atoms with van der Waals surface area (Å²) >= 11 is 6.33. The zero-order chi connectivity index (χ0) is 18.0. The summed E-state index contributed by atoms with van der Waals surface area (Å²) in [7, 11) is 0. The van der Waals surface area contributed by atoms with Crippen molar-refractivity contribution in [3.05, 3.63) is 22.7 Å². The molecule has 0 aromatic heterocycles. The van der Waals surface area contributed by atoms with Crippen molar-refractivity contribution >= 4 is 17.5 Å². The number of halogens is 1. The molecule has 0 unspecified atom stereocenters. The highest BCUT2D eigenvalue weighted by molar-refractivity contribution is 6.32. The number of amides is 1. The van der Waals surface area contributed by atoms with E-state index in [1.165, 1.54) is 0 Å². The average Bonchev–Trinajstić information content (AvgIpc) is 2.94. The first-order chi connectivity index (χ1) is 11.9. The Bertz CT molecular complexity index is 642. The van der Waals surface area contributed by atoms with Crippen LogP contribution < -0.4 is 9.47 Å². The minimum absolute atomic E-state index is 0.00769. The molecule has 1 amide bonds. The van der Waals surface area contributed by atoms with E-state index in [4.69, 9.17) is 21.1 Å². The van der Waals surface area contributed by atoms with Gasteiger partial charge in [0.15, 0.2) is 11.5 Å². The molecular formula is C19H27ClN2O3. The lowest BCUT2D eigenvalue weighted by Crippen LogP contribution is -2.44. The number of carbonyl (C=O) groups excluding carboxylic acids is 1. The standard InChI is InChI=1S/C19H27ClN2O3/c1-19(2,3)22-7-4-6-21(8-9-22)18(23)14-12-15(20)17-16(13-14)24-10-5-11-25-17/h12-13H,4-11H2,1-3H3. The van der Waals surface area contributed by atoms with Crippen molar-refractivity contribution in [3.63, 3.8) is 0 Å². The van der Waals surface area contributed by atoms with Gasteiger partial charge in [-0.15, -0.1) is 0 Å². The summed E-state index contributed by atoms with van der Waals surface area (Å²) in [6.07, 6.45) is 1.78. The van der Waals surface area contributed by atoms with E-state index < -0.39 is 0 Å². The molecule has 1 fully saturated rings. The van der Waals surface area contributed by atoms with E-state index in [0.717, 1.165) is 39.0 Å². The molecule has 1 saturated heterocycles. The Morgan fingerprint density at radius 2 is 1.80 bits per heavy atom. The maximum Gasteiger partial charge on any atom is 0.254 e. The first-order valence-corrected chi connectivity index (χ1v) is 9.37. The van der Waals surface area contributed by atoms with Gasteiger partial charge in [0.2, 0.25) is 0 Å². The highest BCUT2D eigenvalue weighted by Crippen LogP contribution is 2.38. The normalized spacial score (nSPS) is 19.3. The van der Waals surface area contributed by atoms with Crippen molar-refractivity contribution in [3.8, 4) is 11.5 Å². The van der Waals surface area contributed by atoms with Gasteiger partial charge in [0.05, 0.1) is 18.2 Å². The number of rotatable bonds is 1. The molecule has 1 aromatic rings. The van der Waals surface area contributed by atoms with Gasteiger partial charge in [-0.05, 0) is 39.3 Å². The summed E-state index contributed by atoms with van der Waals surface area (Å²) < 4.78 is 11.3. The fourth-order valence-corrected chi connectivity index (χ4v) is 3.59. The van der Waals surface area contributed by atoms with Gasteiger partial charge >= 0.3 is 0 Å². The lowest BCUT2D eigenvalue weighted by atomic mass is 10.1. The summed E-state index contributed by atoms with van der Waals surface area (Å²) in [4.78, 5) is 17.3. The number of ether oxygens (including phenoxy) is 2. The lowest BCUT2D eigenvalue weighted by molar-refractivity contribution is 0.0749. The Morgan fingerprint density at radius 3 is 2.56 bits per heavy atom. The lowest BCUT2D eigenvalue weighted by Gasteiger charge is -2.34. The number of hydrogen-bond acceptors (Lipinski definition) is 4. The molecule has 1 aromatic carbocycles. The number of carbonyl (C=O) groups is 1. The topological polar surface area (TPSA) is 42.0 Å². The SMILES string of the molecule is CC(C)(C)N1CCCN(C(=O)c2cc(Cl)c3c(c2)OCCCO3)CC1. The van der Waals surface area contributed by atoms with Crippen LogP contribution >= 0.6 is 11.6 Å². The second-order valence-corrected chi connectivity index (χ2v) is 8.05. The summed E-state index contributed by atoms with van der Waals surface area (Å²) in [6.45, 7) is 11.2. The Hall–Kier alpha value is -1.46. The molecule has 6 heteroatoms. The van der Waals surface area contributed by atoms with E-state index in [1.54, 1.807) is 12.1 Å². The fourth-order valence-electron chi connectivity index (χ4n) is 3.33. The molecule has 0 aliphatic carbocycles. The zero-order valence-electron chi connectivity index (χ0n) is 15.3. The third kappa shape index (κ3) is 4.21. The first-order valence-electron chi connectivity index (χ1n) is 9.00. The van der Waals surface area contributed by atoms with Crippen molar-refractivity contribution in [2.45, 2.75) is 39.2 Å². The molecular weight excluding hydrogens is 340 g/mol. The van der Waals surface area contributed by atoms with E-state index >= 15 is 0 Å². The van der Waals surface area contributed by atoms with Gasteiger partial charge in [0.1, 0.15) is 0 Å². The molecule has 138 valence electrons. The van der Waals surface area contributed by atoms with Crippen molar-refractivity contribution in [2.24, 2.45) is 0 Å².